The molecule has 2 saturated heterocycles. The smallest absolute Gasteiger partial charge is 0.230 e. The Bertz CT molecular complexity index is 1060. The van der Waals surface area contributed by atoms with Gasteiger partial charge in [0.1, 0.15) is 5.82 Å². The molecule has 4 heterocycles. The third-order valence-electron chi connectivity index (χ3n) is 8.24. The maximum absolute atomic E-state index is 14.0. The molecule has 1 aromatic heterocycles. The monoisotopic (exact) mass is 460 g/mol. The van der Waals surface area contributed by atoms with E-state index in [0.717, 1.165) is 67.0 Å². The summed E-state index contributed by atoms with van der Waals surface area (Å²) in [6.45, 7) is 6.91. The Morgan fingerprint density at radius 3 is 2.79 bits per heavy atom. The van der Waals surface area contributed by atoms with Crippen molar-refractivity contribution in [1.82, 2.24) is 4.98 Å². The quantitative estimate of drug-likeness (QED) is 0.653. The van der Waals surface area contributed by atoms with E-state index >= 15 is 0 Å². The SMILES string of the molecule is CC(C)CC1CCC(C(=O)N2Cc3cccnc3Nc3ccc(N4C[C@H]5C[C@@H]4CO5)cc32)CC1. The number of hydrogen-bond donors (Lipinski definition) is 1. The van der Waals surface area contributed by atoms with E-state index in [-0.39, 0.29) is 11.8 Å². The zero-order valence-electron chi connectivity index (χ0n) is 20.4. The molecule has 2 bridgehead atoms. The van der Waals surface area contributed by atoms with Gasteiger partial charge in [-0.3, -0.25) is 4.79 Å². The fraction of sp³-hybridized carbons (Fsp3) is 0.571. The average Bonchev–Trinajstić information content (AvgIpc) is 3.43. The number of carbonyl (C=O) groups is 1. The van der Waals surface area contributed by atoms with Crippen LogP contribution >= 0.6 is 0 Å². The summed E-state index contributed by atoms with van der Waals surface area (Å²) >= 11 is 0. The first-order chi connectivity index (χ1) is 16.5. The van der Waals surface area contributed by atoms with E-state index in [9.17, 15) is 4.79 Å². The molecule has 6 rings (SSSR count). The van der Waals surface area contributed by atoms with E-state index in [1.54, 1.807) is 0 Å². The summed E-state index contributed by atoms with van der Waals surface area (Å²) in [7, 11) is 0. The van der Waals surface area contributed by atoms with Gasteiger partial charge < -0.3 is 19.9 Å². The van der Waals surface area contributed by atoms with Crippen molar-refractivity contribution in [2.45, 2.75) is 71.1 Å². The molecule has 3 fully saturated rings. The Morgan fingerprint density at radius 1 is 1.21 bits per heavy atom. The van der Waals surface area contributed by atoms with Crippen LogP contribution in [-0.4, -0.2) is 36.2 Å². The highest BCUT2D eigenvalue weighted by molar-refractivity contribution is 6.00. The molecule has 1 saturated carbocycles. The van der Waals surface area contributed by atoms with Crippen LogP contribution in [-0.2, 0) is 16.1 Å². The number of aromatic nitrogens is 1. The highest BCUT2D eigenvalue weighted by atomic mass is 16.5. The topological polar surface area (TPSA) is 57.7 Å². The number of hydrogen-bond acceptors (Lipinski definition) is 5. The Balaban J connectivity index is 1.30. The molecule has 3 aliphatic heterocycles. The van der Waals surface area contributed by atoms with Gasteiger partial charge in [0.25, 0.3) is 0 Å². The number of pyridine rings is 1. The van der Waals surface area contributed by atoms with E-state index in [4.69, 9.17) is 4.74 Å². The molecular weight excluding hydrogens is 424 g/mol. The van der Waals surface area contributed by atoms with E-state index in [0.29, 0.717) is 18.7 Å². The zero-order chi connectivity index (χ0) is 23.2. The molecule has 1 amide bonds. The maximum Gasteiger partial charge on any atom is 0.230 e. The number of carbonyl (C=O) groups excluding carboxylic acids is 1. The molecule has 6 heteroatoms. The van der Waals surface area contributed by atoms with Crippen molar-refractivity contribution in [2.75, 3.05) is 28.3 Å². The van der Waals surface area contributed by atoms with Crippen LogP contribution in [0.1, 0.15) is 57.9 Å². The third kappa shape index (κ3) is 4.06. The number of anilines is 4. The maximum atomic E-state index is 14.0. The minimum absolute atomic E-state index is 0.106. The van der Waals surface area contributed by atoms with Gasteiger partial charge in [0.15, 0.2) is 0 Å². The number of ether oxygens (including phenoxy) is 1. The van der Waals surface area contributed by atoms with Crippen LogP contribution in [0.3, 0.4) is 0 Å². The number of amides is 1. The first kappa shape index (κ1) is 21.9. The lowest BCUT2D eigenvalue weighted by molar-refractivity contribution is -0.123. The summed E-state index contributed by atoms with van der Waals surface area (Å²) in [6, 6.07) is 11.0. The van der Waals surface area contributed by atoms with Gasteiger partial charge in [-0.1, -0.05) is 19.9 Å². The molecule has 2 atom stereocenters. The van der Waals surface area contributed by atoms with Crippen molar-refractivity contribution < 1.29 is 9.53 Å². The van der Waals surface area contributed by atoms with Crippen LogP contribution in [0.25, 0.3) is 0 Å². The second kappa shape index (κ2) is 8.88. The second-order valence-electron chi connectivity index (χ2n) is 11.1. The molecule has 0 unspecified atom stereocenters. The molecule has 1 N–H and O–H groups in total. The molecule has 34 heavy (non-hydrogen) atoms. The van der Waals surface area contributed by atoms with E-state index in [1.165, 1.54) is 24.9 Å². The number of rotatable bonds is 4. The molecule has 0 spiro atoms. The summed E-state index contributed by atoms with van der Waals surface area (Å²) in [6.07, 6.45) is 8.88. The third-order valence-corrected chi connectivity index (χ3v) is 8.24. The Hall–Kier alpha value is -2.60. The first-order valence-electron chi connectivity index (χ1n) is 13.1. The molecule has 1 aliphatic carbocycles. The Kier molecular flexibility index (Phi) is 5.72. The van der Waals surface area contributed by atoms with Crippen LogP contribution in [0.15, 0.2) is 36.5 Å². The van der Waals surface area contributed by atoms with Gasteiger partial charge in [-0.05, 0) is 74.6 Å². The normalized spacial score (nSPS) is 27.9. The zero-order valence-corrected chi connectivity index (χ0v) is 20.4. The minimum Gasteiger partial charge on any atom is -0.374 e. The van der Waals surface area contributed by atoms with Crippen molar-refractivity contribution in [3.8, 4) is 0 Å². The predicted octanol–water partition coefficient (Wildman–Crippen LogP) is 5.50. The fourth-order valence-corrected chi connectivity index (χ4v) is 6.53. The van der Waals surface area contributed by atoms with Crippen LogP contribution in [0.2, 0.25) is 0 Å². The summed E-state index contributed by atoms with van der Waals surface area (Å²) in [5, 5.41) is 3.52. The summed E-state index contributed by atoms with van der Waals surface area (Å²) < 4.78 is 5.82. The lowest BCUT2D eigenvalue weighted by Crippen LogP contribution is -2.38. The summed E-state index contributed by atoms with van der Waals surface area (Å²) in [4.78, 5) is 23.1. The van der Waals surface area contributed by atoms with Crippen LogP contribution < -0.4 is 15.1 Å². The number of morpholine rings is 1. The molecule has 0 radical (unpaired) electrons. The van der Waals surface area contributed by atoms with Crippen molar-refractivity contribution in [3.63, 3.8) is 0 Å². The number of fused-ring (bicyclic) bond motifs is 4. The first-order valence-corrected chi connectivity index (χ1v) is 13.1. The van der Waals surface area contributed by atoms with Gasteiger partial charge in [0, 0.05) is 29.9 Å². The highest BCUT2D eigenvalue weighted by Crippen LogP contribution is 2.42. The predicted molar refractivity (Wildman–Crippen MR) is 136 cm³/mol. The van der Waals surface area contributed by atoms with Crippen LogP contribution in [0, 0.1) is 17.8 Å². The van der Waals surface area contributed by atoms with E-state index < -0.39 is 0 Å². The van der Waals surface area contributed by atoms with Gasteiger partial charge in [-0.15, -0.1) is 0 Å². The van der Waals surface area contributed by atoms with Crippen molar-refractivity contribution in [3.05, 3.63) is 42.1 Å². The van der Waals surface area contributed by atoms with Gasteiger partial charge in [0.05, 0.1) is 36.7 Å². The van der Waals surface area contributed by atoms with E-state index in [2.05, 4.69) is 53.3 Å². The Labute approximate surface area is 202 Å². The highest BCUT2D eigenvalue weighted by Gasteiger charge is 2.40. The van der Waals surface area contributed by atoms with Crippen molar-refractivity contribution in [2.24, 2.45) is 17.8 Å². The van der Waals surface area contributed by atoms with E-state index in [1.807, 2.05) is 17.2 Å². The summed E-state index contributed by atoms with van der Waals surface area (Å²) in [5.74, 6) is 2.72. The Morgan fingerprint density at radius 2 is 2.06 bits per heavy atom. The van der Waals surface area contributed by atoms with Crippen molar-refractivity contribution >= 4 is 28.8 Å². The molecule has 2 aromatic rings. The van der Waals surface area contributed by atoms with Crippen molar-refractivity contribution in [1.29, 1.82) is 0 Å². The van der Waals surface area contributed by atoms with Gasteiger partial charge in [-0.25, -0.2) is 4.98 Å². The second-order valence-corrected chi connectivity index (χ2v) is 11.1. The number of nitrogens with one attached hydrogen (secondary N) is 1. The molecule has 180 valence electrons. The number of nitrogens with zero attached hydrogens (tertiary/aromatic N) is 3. The van der Waals surface area contributed by atoms with Crippen LogP contribution in [0.5, 0.6) is 0 Å². The number of benzene rings is 1. The molecule has 1 aromatic carbocycles. The van der Waals surface area contributed by atoms with Gasteiger partial charge in [0.2, 0.25) is 5.91 Å². The molecular formula is C28H36N4O2. The standard InChI is InChI=1S/C28H36N4O2/c1-18(2)12-19-5-7-20(8-6-19)28(33)32-15-21-4-3-11-29-27(21)30-25-10-9-22(14-26(25)32)31-16-24-13-23(31)17-34-24/h3-4,9-11,14,18-20,23-24H,5-8,12-13,15-17H2,1-2H3,(H,29,30)/t19?,20?,23-,24-/m1/s1. The fourth-order valence-electron chi connectivity index (χ4n) is 6.53. The molecule has 4 aliphatic rings. The molecule has 6 nitrogen and oxygen atoms in total. The lowest BCUT2D eigenvalue weighted by atomic mass is 9.78. The minimum atomic E-state index is 0.106. The van der Waals surface area contributed by atoms with Gasteiger partial charge >= 0.3 is 0 Å². The van der Waals surface area contributed by atoms with Gasteiger partial charge in [-0.2, -0.15) is 0 Å². The average molecular weight is 461 g/mol. The largest absolute Gasteiger partial charge is 0.374 e. The summed E-state index contributed by atoms with van der Waals surface area (Å²) in [5.41, 5.74) is 4.20. The van der Waals surface area contributed by atoms with Crippen LogP contribution in [0.4, 0.5) is 22.9 Å². The lowest BCUT2D eigenvalue weighted by Gasteiger charge is -2.34.